The summed E-state index contributed by atoms with van der Waals surface area (Å²) in [4.78, 5) is 11.2. The van der Waals surface area contributed by atoms with Gasteiger partial charge in [0.15, 0.2) is 0 Å². The highest BCUT2D eigenvalue weighted by atomic mass is 32.1. The second-order valence-electron chi connectivity index (χ2n) is 4.04. The molecule has 0 aliphatic heterocycles. The third kappa shape index (κ3) is 2.26. The molecule has 0 amide bonds. The number of hydrogen-bond acceptors (Lipinski definition) is 3. The largest absolute Gasteiger partial charge is 0.259 e. The number of nitro groups is 1. The van der Waals surface area contributed by atoms with Crippen molar-refractivity contribution in [3.63, 3.8) is 0 Å². The van der Waals surface area contributed by atoms with Crippen LogP contribution in [0.4, 0.5) is 0 Å². The van der Waals surface area contributed by atoms with Gasteiger partial charge in [-0.3, -0.25) is 10.1 Å². The second kappa shape index (κ2) is 4.14. The van der Waals surface area contributed by atoms with E-state index in [1.54, 1.807) is 17.4 Å². The molecule has 3 nitrogen and oxygen atoms in total. The van der Waals surface area contributed by atoms with Gasteiger partial charge >= 0.3 is 0 Å². The van der Waals surface area contributed by atoms with Crippen molar-refractivity contribution in [1.29, 1.82) is 0 Å². The van der Waals surface area contributed by atoms with E-state index in [2.05, 4.69) is 6.92 Å². The maximum atomic E-state index is 10.2. The lowest BCUT2D eigenvalue weighted by molar-refractivity contribution is -0.400. The summed E-state index contributed by atoms with van der Waals surface area (Å²) in [5, 5.41) is 12.3. The van der Waals surface area contributed by atoms with E-state index in [-0.39, 0.29) is 0 Å². The highest BCUT2D eigenvalue weighted by molar-refractivity contribution is 7.10. The number of fused-ring (bicyclic) bond motifs is 1. The van der Waals surface area contributed by atoms with Crippen LogP contribution in [0.15, 0.2) is 11.6 Å². The Labute approximate surface area is 92.6 Å². The fraction of sp³-hybridized carbons (Fsp3) is 0.455. The number of rotatable bonds is 2. The number of thiophene rings is 1. The molecule has 1 aromatic heterocycles. The van der Waals surface area contributed by atoms with E-state index in [1.807, 2.05) is 5.38 Å². The zero-order valence-electron chi connectivity index (χ0n) is 8.60. The molecule has 0 aromatic carbocycles. The Balaban J connectivity index is 2.24. The quantitative estimate of drug-likeness (QED) is 0.571. The van der Waals surface area contributed by atoms with Gasteiger partial charge in [0.05, 0.1) is 4.92 Å². The Bertz CT molecular complexity index is 409. The van der Waals surface area contributed by atoms with Gasteiger partial charge in [0.2, 0.25) is 6.20 Å². The molecule has 1 heterocycles. The van der Waals surface area contributed by atoms with Crippen LogP contribution in [0, 0.1) is 16.0 Å². The van der Waals surface area contributed by atoms with E-state index < -0.39 is 4.92 Å². The smallest absolute Gasteiger partial charge is 0.235 e. The van der Waals surface area contributed by atoms with Gasteiger partial charge in [-0.25, -0.2) is 0 Å². The van der Waals surface area contributed by atoms with Gasteiger partial charge in [0.1, 0.15) is 0 Å². The van der Waals surface area contributed by atoms with E-state index in [9.17, 15) is 10.1 Å². The Hall–Kier alpha value is -1.16. The lowest BCUT2D eigenvalue weighted by atomic mass is 9.88. The van der Waals surface area contributed by atoms with Crippen LogP contribution < -0.4 is 0 Å². The lowest BCUT2D eigenvalue weighted by Crippen LogP contribution is -2.09. The highest BCUT2D eigenvalue weighted by Crippen LogP contribution is 2.33. The molecule has 0 fully saturated rings. The summed E-state index contributed by atoms with van der Waals surface area (Å²) in [5.74, 6) is 0.753. The molecule has 1 aromatic rings. The van der Waals surface area contributed by atoms with Gasteiger partial charge in [-0.05, 0) is 41.7 Å². The standard InChI is InChI=1S/C11H13NO2S/c1-8-2-3-10-9(4-5-12(13)14)7-15-11(10)6-8/h4-5,7-8H,2-3,6H2,1H3/b5-4+. The van der Waals surface area contributed by atoms with Crippen LogP contribution in [0.5, 0.6) is 0 Å². The van der Waals surface area contributed by atoms with Crippen LogP contribution in [-0.2, 0) is 12.8 Å². The van der Waals surface area contributed by atoms with Crippen LogP contribution in [0.1, 0.15) is 29.3 Å². The Morgan fingerprint density at radius 3 is 3.20 bits per heavy atom. The zero-order chi connectivity index (χ0) is 10.8. The van der Waals surface area contributed by atoms with E-state index in [0.717, 1.165) is 30.5 Å². The van der Waals surface area contributed by atoms with Crippen molar-refractivity contribution in [3.05, 3.63) is 37.7 Å². The maximum Gasteiger partial charge on any atom is 0.235 e. The number of nitrogens with zero attached hydrogens (tertiary/aromatic N) is 1. The highest BCUT2D eigenvalue weighted by Gasteiger charge is 2.18. The summed E-state index contributed by atoms with van der Waals surface area (Å²) in [6.07, 6.45) is 6.04. The van der Waals surface area contributed by atoms with E-state index >= 15 is 0 Å². The first kappa shape index (κ1) is 10.4. The normalized spacial score (nSPS) is 20.5. The molecule has 80 valence electrons. The van der Waals surface area contributed by atoms with E-state index in [1.165, 1.54) is 16.9 Å². The van der Waals surface area contributed by atoms with Crippen LogP contribution >= 0.6 is 11.3 Å². The minimum Gasteiger partial charge on any atom is -0.259 e. The minimum atomic E-state index is -0.407. The van der Waals surface area contributed by atoms with Crippen LogP contribution in [0.3, 0.4) is 0 Å². The summed E-state index contributed by atoms with van der Waals surface area (Å²) in [6, 6.07) is 0. The van der Waals surface area contributed by atoms with E-state index in [4.69, 9.17) is 0 Å². The van der Waals surface area contributed by atoms with Crippen LogP contribution in [-0.4, -0.2) is 4.92 Å². The van der Waals surface area contributed by atoms with Crippen LogP contribution in [0.2, 0.25) is 0 Å². The summed E-state index contributed by atoms with van der Waals surface area (Å²) in [7, 11) is 0. The molecule has 1 aliphatic carbocycles. The van der Waals surface area contributed by atoms with Crippen LogP contribution in [0.25, 0.3) is 6.08 Å². The molecule has 0 radical (unpaired) electrons. The second-order valence-corrected chi connectivity index (χ2v) is 5.01. The molecule has 1 aliphatic rings. The van der Waals surface area contributed by atoms with Crippen molar-refractivity contribution >= 4 is 17.4 Å². The monoisotopic (exact) mass is 223 g/mol. The minimum absolute atomic E-state index is 0.407. The van der Waals surface area contributed by atoms with Crippen molar-refractivity contribution in [1.82, 2.24) is 0 Å². The summed E-state index contributed by atoms with van der Waals surface area (Å²) in [6.45, 7) is 2.26. The average molecular weight is 223 g/mol. The van der Waals surface area contributed by atoms with Crippen molar-refractivity contribution in [2.75, 3.05) is 0 Å². The molecule has 0 spiro atoms. The third-order valence-corrected chi connectivity index (χ3v) is 3.88. The molecular weight excluding hydrogens is 210 g/mol. The summed E-state index contributed by atoms with van der Waals surface area (Å²) >= 11 is 1.73. The first-order valence-electron chi connectivity index (χ1n) is 5.07. The fourth-order valence-electron chi connectivity index (χ4n) is 1.98. The molecule has 4 heteroatoms. The third-order valence-electron chi connectivity index (χ3n) is 2.81. The first-order valence-corrected chi connectivity index (χ1v) is 5.95. The topological polar surface area (TPSA) is 43.1 Å². The SMILES string of the molecule is CC1CCc2c(/C=C/[N+](=O)[O-])csc2C1. The summed E-state index contributed by atoms with van der Waals surface area (Å²) < 4.78 is 0. The van der Waals surface area contributed by atoms with Gasteiger partial charge in [-0.15, -0.1) is 11.3 Å². The molecular formula is C11H13NO2S. The summed E-state index contributed by atoms with van der Waals surface area (Å²) in [5.41, 5.74) is 2.37. The average Bonchev–Trinajstić information content (AvgIpc) is 2.57. The van der Waals surface area contributed by atoms with Gasteiger partial charge in [0, 0.05) is 11.0 Å². The predicted octanol–water partition coefficient (Wildman–Crippen LogP) is 3.12. The molecule has 0 N–H and O–H groups in total. The molecule has 0 saturated carbocycles. The molecule has 2 rings (SSSR count). The van der Waals surface area contributed by atoms with Crippen molar-refractivity contribution in [2.45, 2.75) is 26.2 Å². The number of hydrogen-bond donors (Lipinski definition) is 0. The van der Waals surface area contributed by atoms with Crippen molar-refractivity contribution < 1.29 is 4.92 Å². The Morgan fingerprint density at radius 2 is 2.47 bits per heavy atom. The fourth-order valence-corrected chi connectivity index (χ4v) is 3.22. The molecule has 1 unspecified atom stereocenters. The van der Waals surface area contributed by atoms with E-state index in [0.29, 0.717) is 0 Å². The first-order chi connectivity index (χ1) is 7.16. The van der Waals surface area contributed by atoms with Gasteiger partial charge in [-0.1, -0.05) is 6.92 Å². The molecule has 0 bridgehead atoms. The predicted molar refractivity (Wildman–Crippen MR) is 61.5 cm³/mol. The van der Waals surface area contributed by atoms with Crippen molar-refractivity contribution in [3.8, 4) is 0 Å². The zero-order valence-corrected chi connectivity index (χ0v) is 9.42. The molecule has 1 atom stereocenters. The van der Waals surface area contributed by atoms with Gasteiger partial charge < -0.3 is 0 Å². The molecule has 0 saturated heterocycles. The molecule has 15 heavy (non-hydrogen) atoms. The van der Waals surface area contributed by atoms with Gasteiger partial charge in [-0.2, -0.15) is 0 Å². The Morgan fingerprint density at radius 1 is 1.67 bits per heavy atom. The van der Waals surface area contributed by atoms with Gasteiger partial charge in [0.25, 0.3) is 0 Å². The lowest BCUT2D eigenvalue weighted by Gasteiger charge is -2.18. The maximum absolute atomic E-state index is 10.2. The van der Waals surface area contributed by atoms with Crippen molar-refractivity contribution in [2.24, 2.45) is 5.92 Å². The Kier molecular flexibility index (Phi) is 2.86.